The van der Waals surface area contributed by atoms with Crippen molar-refractivity contribution in [3.63, 3.8) is 0 Å². The number of benzene rings is 1. The lowest BCUT2D eigenvalue weighted by Gasteiger charge is -2.11. The minimum Gasteiger partial charge on any atom is -0.388 e. The predicted molar refractivity (Wildman–Crippen MR) is 75.6 cm³/mol. The highest BCUT2D eigenvalue weighted by atomic mass is 79.9. The summed E-state index contributed by atoms with van der Waals surface area (Å²) in [5, 5.41) is 9.84. The number of nitrogens with zero attached hydrogens (tertiary/aromatic N) is 1. The van der Waals surface area contributed by atoms with Crippen molar-refractivity contribution in [1.29, 1.82) is 0 Å². The van der Waals surface area contributed by atoms with E-state index >= 15 is 0 Å². The molecule has 1 aromatic heterocycles. The molecular formula is C13H11BrF3NOS. The number of rotatable bonds is 2. The van der Waals surface area contributed by atoms with Gasteiger partial charge in [0.05, 0.1) is 22.2 Å². The SMILES string of the molecule is Cc1nc(-c2ccc(Br)cc2C(F)(F)F)sc1C(C)O. The third kappa shape index (κ3) is 3.05. The first-order valence-corrected chi connectivity index (χ1v) is 7.33. The van der Waals surface area contributed by atoms with Gasteiger partial charge in [-0.1, -0.05) is 22.0 Å². The van der Waals surface area contributed by atoms with Crippen LogP contribution >= 0.6 is 27.3 Å². The molecule has 0 amide bonds. The summed E-state index contributed by atoms with van der Waals surface area (Å²) >= 11 is 4.13. The molecule has 2 nitrogen and oxygen atoms in total. The van der Waals surface area contributed by atoms with Gasteiger partial charge in [0, 0.05) is 10.0 Å². The largest absolute Gasteiger partial charge is 0.417 e. The average molecular weight is 366 g/mol. The Labute approximate surface area is 126 Å². The lowest BCUT2D eigenvalue weighted by atomic mass is 10.1. The number of aryl methyl sites for hydroxylation is 1. The third-order valence-corrected chi connectivity index (χ3v) is 4.58. The number of aliphatic hydroxyl groups is 1. The zero-order chi connectivity index (χ0) is 15.1. The minimum atomic E-state index is -4.45. The van der Waals surface area contributed by atoms with Gasteiger partial charge in [-0.25, -0.2) is 4.98 Å². The Balaban J connectivity index is 2.61. The predicted octanol–water partition coefficient (Wildman–Crippen LogP) is 4.95. The lowest BCUT2D eigenvalue weighted by Crippen LogP contribution is -2.07. The van der Waals surface area contributed by atoms with Crippen LogP contribution in [0.4, 0.5) is 13.2 Å². The molecule has 108 valence electrons. The average Bonchev–Trinajstić information content (AvgIpc) is 2.70. The number of aromatic nitrogens is 1. The molecule has 1 heterocycles. The van der Waals surface area contributed by atoms with Gasteiger partial charge >= 0.3 is 6.18 Å². The number of hydrogen-bond donors (Lipinski definition) is 1. The molecular weight excluding hydrogens is 355 g/mol. The normalized spacial score (nSPS) is 13.6. The van der Waals surface area contributed by atoms with Gasteiger partial charge in [-0.15, -0.1) is 11.3 Å². The molecule has 7 heteroatoms. The molecule has 0 aliphatic heterocycles. The van der Waals surface area contributed by atoms with Crippen molar-refractivity contribution in [2.75, 3.05) is 0 Å². The van der Waals surface area contributed by atoms with E-state index in [1.165, 1.54) is 6.07 Å². The zero-order valence-corrected chi connectivity index (χ0v) is 13.0. The second kappa shape index (κ2) is 5.46. The molecule has 0 aliphatic rings. The van der Waals surface area contributed by atoms with Crippen LogP contribution in [0, 0.1) is 6.92 Å². The van der Waals surface area contributed by atoms with E-state index in [-0.39, 0.29) is 10.6 Å². The van der Waals surface area contributed by atoms with Crippen LogP contribution in [0.25, 0.3) is 10.6 Å². The maximum atomic E-state index is 13.1. The number of alkyl halides is 3. The summed E-state index contributed by atoms with van der Waals surface area (Å²) in [5.74, 6) is 0. The zero-order valence-electron chi connectivity index (χ0n) is 10.6. The summed E-state index contributed by atoms with van der Waals surface area (Å²) in [6.07, 6.45) is -5.20. The van der Waals surface area contributed by atoms with Crippen molar-refractivity contribution >= 4 is 27.3 Å². The molecule has 0 aliphatic carbocycles. The fourth-order valence-corrected chi connectivity index (χ4v) is 3.25. The van der Waals surface area contributed by atoms with Gasteiger partial charge in [-0.05, 0) is 26.0 Å². The summed E-state index contributed by atoms with van der Waals surface area (Å²) < 4.78 is 39.6. The van der Waals surface area contributed by atoms with Gasteiger partial charge < -0.3 is 5.11 Å². The van der Waals surface area contributed by atoms with E-state index < -0.39 is 17.8 Å². The van der Waals surface area contributed by atoms with Gasteiger partial charge in [-0.3, -0.25) is 0 Å². The molecule has 1 aromatic carbocycles. The molecule has 1 atom stereocenters. The Bertz CT molecular complexity index is 637. The molecule has 0 bridgehead atoms. The summed E-state index contributed by atoms with van der Waals surface area (Å²) in [5.41, 5.74) is -0.158. The van der Waals surface area contributed by atoms with Crippen LogP contribution in [0.15, 0.2) is 22.7 Å². The Kier molecular flexibility index (Phi) is 4.22. The Morgan fingerprint density at radius 3 is 2.50 bits per heavy atom. The molecule has 2 rings (SSSR count). The number of halogens is 4. The van der Waals surface area contributed by atoms with Gasteiger partial charge in [0.2, 0.25) is 0 Å². The van der Waals surface area contributed by atoms with Crippen LogP contribution in [0.1, 0.15) is 29.2 Å². The highest BCUT2D eigenvalue weighted by Crippen LogP contribution is 2.41. The van der Waals surface area contributed by atoms with Crippen molar-refractivity contribution in [3.8, 4) is 10.6 Å². The monoisotopic (exact) mass is 365 g/mol. The van der Waals surface area contributed by atoms with Crippen LogP contribution in [0.3, 0.4) is 0 Å². The number of thiazole rings is 1. The topological polar surface area (TPSA) is 33.1 Å². The van der Waals surface area contributed by atoms with E-state index in [0.717, 1.165) is 17.4 Å². The van der Waals surface area contributed by atoms with Crippen molar-refractivity contribution < 1.29 is 18.3 Å². The molecule has 2 aromatic rings. The molecule has 0 fully saturated rings. The molecule has 0 saturated heterocycles. The molecule has 1 unspecified atom stereocenters. The van der Waals surface area contributed by atoms with Gasteiger partial charge in [-0.2, -0.15) is 13.2 Å². The maximum Gasteiger partial charge on any atom is 0.417 e. The smallest absolute Gasteiger partial charge is 0.388 e. The van der Waals surface area contributed by atoms with E-state index in [2.05, 4.69) is 20.9 Å². The van der Waals surface area contributed by atoms with Crippen molar-refractivity contribution in [3.05, 3.63) is 38.8 Å². The van der Waals surface area contributed by atoms with Crippen LogP contribution in [0.5, 0.6) is 0 Å². The minimum absolute atomic E-state index is 0.0284. The second-order valence-corrected chi connectivity index (χ2v) is 6.28. The van der Waals surface area contributed by atoms with E-state index in [0.29, 0.717) is 15.0 Å². The maximum absolute atomic E-state index is 13.1. The van der Waals surface area contributed by atoms with E-state index in [9.17, 15) is 18.3 Å². The first-order chi connectivity index (χ1) is 9.20. The summed E-state index contributed by atoms with van der Waals surface area (Å²) in [6, 6.07) is 3.97. The number of aliphatic hydroxyl groups excluding tert-OH is 1. The Hall–Kier alpha value is -0.920. The quantitative estimate of drug-likeness (QED) is 0.816. The van der Waals surface area contributed by atoms with Crippen LogP contribution in [0.2, 0.25) is 0 Å². The van der Waals surface area contributed by atoms with E-state index in [1.807, 2.05) is 0 Å². The van der Waals surface area contributed by atoms with Gasteiger partial charge in [0.1, 0.15) is 5.01 Å². The first kappa shape index (κ1) is 15.5. The van der Waals surface area contributed by atoms with Gasteiger partial charge in [0.15, 0.2) is 0 Å². The van der Waals surface area contributed by atoms with E-state index in [4.69, 9.17) is 0 Å². The van der Waals surface area contributed by atoms with Crippen molar-refractivity contribution in [2.24, 2.45) is 0 Å². The number of hydrogen-bond acceptors (Lipinski definition) is 3. The summed E-state index contributed by atoms with van der Waals surface area (Å²) in [4.78, 5) is 4.73. The van der Waals surface area contributed by atoms with Crippen LogP contribution < -0.4 is 0 Å². The Morgan fingerprint density at radius 1 is 1.35 bits per heavy atom. The fourth-order valence-electron chi connectivity index (χ4n) is 1.85. The Morgan fingerprint density at radius 2 is 2.00 bits per heavy atom. The first-order valence-electron chi connectivity index (χ1n) is 5.72. The molecule has 0 spiro atoms. The third-order valence-electron chi connectivity index (χ3n) is 2.73. The molecule has 0 radical (unpaired) electrons. The molecule has 1 N–H and O–H groups in total. The fraction of sp³-hybridized carbons (Fsp3) is 0.308. The standard InChI is InChI=1S/C13H11BrF3NOS/c1-6-11(7(2)19)20-12(18-6)9-4-3-8(14)5-10(9)13(15,16)17/h3-5,7,19H,1-2H3. The molecule has 0 saturated carbocycles. The second-order valence-electron chi connectivity index (χ2n) is 4.33. The van der Waals surface area contributed by atoms with E-state index in [1.54, 1.807) is 19.9 Å². The van der Waals surface area contributed by atoms with Gasteiger partial charge in [0.25, 0.3) is 0 Å². The van der Waals surface area contributed by atoms with Crippen LogP contribution in [-0.4, -0.2) is 10.1 Å². The summed E-state index contributed by atoms with van der Waals surface area (Å²) in [7, 11) is 0. The highest BCUT2D eigenvalue weighted by molar-refractivity contribution is 9.10. The van der Waals surface area contributed by atoms with Crippen molar-refractivity contribution in [2.45, 2.75) is 26.1 Å². The van der Waals surface area contributed by atoms with Crippen LogP contribution in [-0.2, 0) is 6.18 Å². The molecule has 20 heavy (non-hydrogen) atoms. The van der Waals surface area contributed by atoms with Crippen molar-refractivity contribution in [1.82, 2.24) is 4.98 Å². The summed E-state index contributed by atoms with van der Waals surface area (Å²) in [6.45, 7) is 3.24. The highest BCUT2D eigenvalue weighted by Gasteiger charge is 2.34. The lowest BCUT2D eigenvalue weighted by molar-refractivity contribution is -0.137.